The molecule has 7 heteroatoms. The van der Waals surface area contributed by atoms with E-state index in [1.54, 1.807) is 22.8 Å². The maximum Gasteiger partial charge on any atom is 0.341 e. The summed E-state index contributed by atoms with van der Waals surface area (Å²) >= 11 is 5.94. The average molecular weight is 460 g/mol. The summed E-state index contributed by atoms with van der Waals surface area (Å²) in [7, 11) is 0. The van der Waals surface area contributed by atoms with E-state index in [-0.39, 0.29) is 34.9 Å². The number of benzene rings is 2. The van der Waals surface area contributed by atoms with Crippen LogP contribution in [0.3, 0.4) is 0 Å². The van der Waals surface area contributed by atoms with Crippen molar-refractivity contribution in [3.63, 3.8) is 0 Å². The van der Waals surface area contributed by atoms with E-state index in [1.807, 2.05) is 26.8 Å². The Bertz CT molecular complexity index is 1220. The molecule has 0 aliphatic heterocycles. The van der Waals surface area contributed by atoms with Crippen molar-refractivity contribution in [3.8, 4) is 0 Å². The van der Waals surface area contributed by atoms with Gasteiger partial charge in [0.2, 0.25) is 5.43 Å². The summed E-state index contributed by atoms with van der Waals surface area (Å²) in [6.45, 7) is 5.68. The lowest BCUT2D eigenvalue weighted by atomic mass is 9.93. The third kappa shape index (κ3) is 4.57. The van der Waals surface area contributed by atoms with Gasteiger partial charge in [0, 0.05) is 18.0 Å². The van der Waals surface area contributed by atoms with Crippen molar-refractivity contribution in [1.29, 1.82) is 0 Å². The molecule has 3 aromatic rings. The predicted molar refractivity (Wildman–Crippen MR) is 124 cm³/mol. The van der Waals surface area contributed by atoms with Crippen LogP contribution in [0.15, 0.2) is 41.3 Å². The van der Waals surface area contributed by atoms with Crippen molar-refractivity contribution in [1.82, 2.24) is 4.57 Å². The first kappa shape index (κ1) is 24.0. The van der Waals surface area contributed by atoms with Crippen molar-refractivity contribution in [2.45, 2.75) is 46.1 Å². The fourth-order valence-electron chi connectivity index (χ4n) is 4.09. The van der Waals surface area contributed by atoms with Crippen molar-refractivity contribution in [2.75, 3.05) is 6.61 Å². The molecule has 3 rings (SSSR count). The zero-order chi connectivity index (χ0) is 23.6. The molecule has 0 aliphatic rings. The minimum Gasteiger partial charge on any atom is -0.477 e. The Morgan fingerprint density at radius 2 is 1.91 bits per heavy atom. The van der Waals surface area contributed by atoms with Crippen LogP contribution in [0, 0.1) is 11.7 Å². The Labute approximate surface area is 191 Å². The number of carbonyl (C=O) groups is 1. The lowest BCUT2D eigenvalue weighted by molar-refractivity contribution is 0.0694. The molecule has 0 saturated heterocycles. The molecule has 0 radical (unpaired) electrons. The number of aliphatic hydroxyl groups is 1. The summed E-state index contributed by atoms with van der Waals surface area (Å²) in [6.07, 6.45) is 3.08. The van der Waals surface area contributed by atoms with Gasteiger partial charge < -0.3 is 14.8 Å². The summed E-state index contributed by atoms with van der Waals surface area (Å²) in [5.41, 5.74) is 1.69. The lowest BCUT2D eigenvalue weighted by Gasteiger charge is -2.25. The molecule has 0 amide bonds. The molecule has 2 N–H and O–H groups in total. The summed E-state index contributed by atoms with van der Waals surface area (Å²) in [5.74, 6) is -1.83. The van der Waals surface area contributed by atoms with Gasteiger partial charge in [0.05, 0.1) is 23.2 Å². The number of aromatic carboxylic acids is 1. The summed E-state index contributed by atoms with van der Waals surface area (Å²) in [4.78, 5) is 24.8. The second-order valence-corrected chi connectivity index (χ2v) is 8.76. The third-order valence-electron chi connectivity index (χ3n) is 5.83. The SMILES string of the molecule is CCCc1cc2c(cc1Cc1cccc(Cl)c1F)c(=O)c(C(=O)O)cn2[C@H](CO)C(C)C. The fourth-order valence-corrected chi connectivity index (χ4v) is 4.28. The molecule has 1 heterocycles. The predicted octanol–water partition coefficient (Wildman–Crippen LogP) is 5.22. The molecule has 0 bridgehead atoms. The highest BCUT2D eigenvalue weighted by Crippen LogP contribution is 2.28. The number of aliphatic hydroxyl groups excluding tert-OH is 1. The van der Waals surface area contributed by atoms with E-state index in [4.69, 9.17) is 11.6 Å². The first-order valence-corrected chi connectivity index (χ1v) is 11.0. The van der Waals surface area contributed by atoms with Gasteiger partial charge in [-0.1, -0.05) is 50.9 Å². The van der Waals surface area contributed by atoms with Crippen LogP contribution in [-0.4, -0.2) is 27.4 Å². The van der Waals surface area contributed by atoms with E-state index < -0.39 is 23.3 Å². The van der Waals surface area contributed by atoms with E-state index in [0.29, 0.717) is 17.5 Å². The Morgan fingerprint density at radius 1 is 1.19 bits per heavy atom. The number of fused-ring (bicyclic) bond motifs is 1. The largest absolute Gasteiger partial charge is 0.477 e. The first-order valence-electron chi connectivity index (χ1n) is 10.7. The smallest absolute Gasteiger partial charge is 0.341 e. The summed E-state index contributed by atoms with van der Waals surface area (Å²) in [6, 6.07) is 7.93. The van der Waals surface area contributed by atoms with E-state index in [1.165, 1.54) is 12.3 Å². The Balaban J connectivity index is 2.34. The molecule has 1 aromatic heterocycles. The van der Waals surface area contributed by atoms with Gasteiger partial charge in [0.15, 0.2) is 0 Å². The zero-order valence-electron chi connectivity index (χ0n) is 18.4. The summed E-state index contributed by atoms with van der Waals surface area (Å²) in [5, 5.41) is 19.9. The molecule has 32 heavy (non-hydrogen) atoms. The van der Waals surface area contributed by atoms with Gasteiger partial charge in [-0.3, -0.25) is 4.79 Å². The highest BCUT2D eigenvalue weighted by molar-refractivity contribution is 6.30. The van der Waals surface area contributed by atoms with E-state index in [9.17, 15) is 24.2 Å². The van der Waals surface area contributed by atoms with Crippen molar-refractivity contribution < 1.29 is 19.4 Å². The number of hydrogen-bond donors (Lipinski definition) is 2. The van der Waals surface area contributed by atoms with E-state index in [0.717, 1.165) is 17.5 Å². The van der Waals surface area contributed by atoms with Crippen molar-refractivity contribution >= 4 is 28.5 Å². The lowest BCUT2D eigenvalue weighted by Crippen LogP contribution is -2.25. The number of aromatic nitrogens is 1. The zero-order valence-corrected chi connectivity index (χ0v) is 19.1. The topological polar surface area (TPSA) is 79.5 Å². The summed E-state index contributed by atoms with van der Waals surface area (Å²) < 4.78 is 16.3. The van der Waals surface area contributed by atoms with Crippen molar-refractivity contribution in [2.24, 2.45) is 5.92 Å². The Morgan fingerprint density at radius 3 is 2.50 bits per heavy atom. The van der Waals surface area contributed by atoms with Crippen LogP contribution in [0.1, 0.15) is 60.3 Å². The third-order valence-corrected chi connectivity index (χ3v) is 6.12. The maximum absolute atomic E-state index is 14.6. The van der Waals surface area contributed by atoms with Crippen LogP contribution in [0.5, 0.6) is 0 Å². The molecule has 170 valence electrons. The highest BCUT2D eigenvalue weighted by Gasteiger charge is 2.22. The minimum atomic E-state index is -1.33. The standard InChI is InChI=1S/C25H27ClFNO4/c1-4-6-15-11-21-18(10-17(15)9-16-7-5-8-20(26)23(16)27)24(30)19(25(31)32)12-28(21)22(13-29)14(2)3/h5,7-8,10-12,14,22,29H,4,6,9,13H2,1-3H3,(H,31,32)/t22-/m1/s1. The van der Waals surface area contributed by atoms with Gasteiger partial charge in [0.1, 0.15) is 11.4 Å². The molecule has 5 nitrogen and oxygen atoms in total. The number of rotatable bonds is 8. The maximum atomic E-state index is 14.6. The van der Waals surface area contributed by atoms with Crippen LogP contribution in [-0.2, 0) is 12.8 Å². The second kappa shape index (κ2) is 9.84. The van der Waals surface area contributed by atoms with Gasteiger partial charge in [0.25, 0.3) is 0 Å². The number of nitrogens with zero attached hydrogens (tertiary/aromatic N) is 1. The number of aryl methyl sites for hydroxylation is 1. The number of carboxylic acid groups (broad SMARTS) is 1. The number of halogens is 2. The number of pyridine rings is 1. The van der Waals surface area contributed by atoms with E-state index in [2.05, 4.69) is 0 Å². The minimum absolute atomic E-state index is 0.00204. The number of carboxylic acids is 1. The van der Waals surface area contributed by atoms with Gasteiger partial charge in [-0.25, -0.2) is 9.18 Å². The normalized spacial score (nSPS) is 12.5. The Hall–Kier alpha value is -2.70. The second-order valence-electron chi connectivity index (χ2n) is 8.36. The van der Waals surface area contributed by atoms with Gasteiger partial charge in [-0.2, -0.15) is 0 Å². The average Bonchev–Trinajstić information content (AvgIpc) is 2.74. The molecule has 0 fully saturated rings. The van der Waals surface area contributed by atoms with Crippen LogP contribution in [0.4, 0.5) is 4.39 Å². The first-order chi connectivity index (χ1) is 15.2. The highest BCUT2D eigenvalue weighted by atomic mass is 35.5. The molecule has 0 spiro atoms. The molecule has 0 saturated carbocycles. The molecule has 2 aromatic carbocycles. The van der Waals surface area contributed by atoms with Crippen LogP contribution >= 0.6 is 11.6 Å². The molecule has 0 aliphatic carbocycles. The molecule has 0 unspecified atom stereocenters. The monoisotopic (exact) mass is 459 g/mol. The molecular formula is C25H27ClFNO4. The van der Waals surface area contributed by atoms with Gasteiger partial charge in [-0.05, 0) is 47.2 Å². The molecule has 1 atom stereocenters. The van der Waals surface area contributed by atoms with Crippen molar-refractivity contribution in [3.05, 3.63) is 79.8 Å². The quantitative estimate of drug-likeness (QED) is 0.483. The Kier molecular flexibility index (Phi) is 7.36. The van der Waals surface area contributed by atoms with Gasteiger partial charge >= 0.3 is 5.97 Å². The van der Waals surface area contributed by atoms with Gasteiger partial charge in [-0.15, -0.1) is 0 Å². The number of hydrogen-bond acceptors (Lipinski definition) is 3. The van der Waals surface area contributed by atoms with Crippen LogP contribution in [0.2, 0.25) is 5.02 Å². The van der Waals surface area contributed by atoms with Crippen LogP contribution < -0.4 is 5.43 Å². The van der Waals surface area contributed by atoms with E-state index >= 15 is 0 Å². The molecular weight excluding hydrogens is 433 g/mol. The van der Waals surface area contributed by atoms with Crippen LogP contribution in [0.25, 0.3) is 10.9 Å². The fraction of sp³-hybridized carbons (Fsp3) is 0.360.